The number of hydrogen-bond acceptors (Lipinski definition) is 5. The summed E-state index contributed by atoms with van der Waals surface area (Å²) in [5, 5.41) is 12.1. The summed E-state index contributed by atoms with van der Waals surface area (Å²) < 4.78 is 5.34. The van der Waals surface area contributed by atoms with Crippen LogP contribution in [0.1, 0.15) is 59.3 Å². The van der Waals surface area contributed by atoms with E-state index in [1.807, 2.05) is 0 Å². The van der Waals surface area contributed by atoms with Crippen LogP contribution in [0.15, 0.2) is 0 Å². The first kappa shape index (κ1) is 19.5. The molecule has 0 aromatic carbocycles. The third kappa shape index (κ3) is 5.33. The van der Waals surface area contributed by atoms with Crippen molar-refractivity contribution in [1.29, 1.82) is 5.26 Å². The van der Waals surface area contributed by atoms with Crippen LogP contribution in [0.3, 0.4) is 0 Å². The number of likely N-dealkylation sites (tertiary alicyclic amines) is 1. The molecule has 0 aromatic rings. The number of nitriles is 1. The second-order valence-corrected chi connectivity index (χ2v) is 8.12. The second-order valence-electron chi connectivity index (χ2n) is 8.12. The summed E-state index contributed by atoms with van der Waals surface area (Å²) in [6.07, 6.45) is 4.18. The van der Waals surface area contributed by atoms with E-state index >= 15 is 0 Å². The quantitative estimate of drug-likeness (QED) is 0.808. The van der Waals surface area contributed by atoms with Crippen molar-refractivity contribution in [3.05, 3.63) is 0 Å². The van der Waals surface area contributed by atoms with Gasteiger partial charge in [0.05, 0.1) is 6.07 Å². The van der Waals surface area contributed by atoms with E-state index in [1.54, 1.807) is 25.7 Å². The zero-order valence-electron chi connectivity index (χ0n) is 15.5. The SMILES string of the molecule is CC(C)(C)OC(=O)N[C@H](C(=O)N1CCCC1C#N)C1CCC(N)CC1. The van der Waals surface area contributed by atoms with Crippen LogP contribution in [0, 0.1) is 17.2 Å². The van der Waals surface area contributed by atoms with Gasteiger partial charge in [-0.05, 0) is 65.2 Å². The van der Waals surface area contributed by atoms with E-state index < -0.39 is 23.8 Å². The van der Waals surface area contributed by atoms with Gasteiger partial charge in [-0.25, -0.2) is 4.79 Å². The lowest BCUT2D eigenvalue weighted by atomic mass is 9.81. The van der Waals surface area contributed by atoms with Gasteiger partial charge in [0.15, 0.2) is 0 Å². The molecule has 2 amide bonds. The third-order valence-corrected chi connectivity index (χ3v) is 4.91. The van der Waals surface area contributed by atoms with Gasteiger partial charge >= 0.3 is 6.09 Å². The smallest absolute Gasteiger partial charge is 0.408 e. The Labute approximate surface area is 149 Å². The van der Waals surface area contributed by atoms with Gasteiger partial charge in [-0.1, -0.05) is 0 Å². The molecule has 7 nitrogen and oxygen atoms in total. The molecule has 0 radical (unpaired) electrons. The van der Waals surface area contributed by atoms with Gasteiger partial charge < -0.3 is 20.7 Å². The molecule has 1 aliphatic heterocycles. The lowest BCUT2D eigenvalue weighted by Crippen LogP contribution is -2.55. The first-order valence-corrected chi connectivity index (χ1v) is 9.16. The van der Waals surface area contributed by atoms with Crippen LogP contribution in [0.4, 0.5) is 4.79 Å². The average Bonchev–Trinajstić information content (AvgIpc) is 3.00. The Morgan fingerprint density at radius 1 is 1.24 bits per heavy atom. The second kappa shape index (κ2) is 8.05. The highest BCUT2D eigenvalue weighted by Gasteiger charge is 2.39. The van der Waals surface area contributed by atoms with Crippen LogP contribution in [0.25, 0.3) is 0 Å². The van der Waals surface area contributed by atoms with Crippen molar-refractivity contribution in [3.8, 4) is 6.07 Å². The van der Waals surface area contributed by atoms with Gasteiger partial charge in [-0.15, -0.1) is 0 Å². The van der Waals surface area contributed by atoms with Crippen molar-refractivity contribution in [2.75, 3.05) is 6.54 Å². The molecule has 2 rings (SSSR count). The molecule has 1 saturated heterocycles. The molecule has 2 aliphatic rings. The van der Waals surface area contributed by atoms with Crippen LogP contribution in [0.2, 0.25) is 0 Å². The fourth-order valence-electron chi connectivity index (χ4n) is 3.64. The molecule has 1 heterocycles. The summed E-state index contributed by atoms with van der Waals surface area (Å²) in [5.41, 5.74) is 5.34. The van der Waals surface area contributed by atoms with Crippen molar-refractivity contribution < 1.29 is 14.3 Å². The molecule has 3 N–H and O–H groups in total. The largest absolute Gasteiger partial charge is 0.444 e. The van der Waals surface area contributed by atoms with Crippen LogP contribution < -0.4 is 11.1 Å². The first-order chi connectivity index (χ1) is 11.7. The zero-order valence-corrected chi connectivity index (χ0v) is 15.5. The Kier molecular flexibility index (Phi) is 6.28. The Bertz CT molecular complexity index is 529. The number of ether oxygens (including phenoxy) is 1. The summed E-state index contributed by atoms with van der Waals surface area (Å²) in [4.78, 5) is 26.9. The van der Waals surface area contributed by atoms with E-state index in [9.17, 15) is 14.9 Å². The predicted octanol–water partition coefficient (Wildman–Crippen LogP) is 1.91. The van der Waals surface area contributed by atoms with E-state index in [2.05, 4.69) is 11.4 Å². The molecular weight excluding hydrogens is 320 g/mol. The number of hydrogen-bond donors (Lipinski definition) is 2. The highest BCUT2D eigenvalue weighted by Crippen LogP contribution is 2.29. The number of rotatable bonds is 3. The van der Waals surface area contributed by atoms with Crippen LogP contribution in [0.5, 0.6) is 0 Å². The molecule has 1 aliphatic carbocycles. The summed E-state index contributed by atoms with van der Waals surface area (Å²) in [6, 6.07) is 1.29. The van der Waals surface area contributed by atoms with Crippen molar-refractivity contribution in [2.45, 2.75) is 83.0 Å². The van der Waals surface area contributed by atoms with Crippen LogP contribution >= 0.6 is 0 Å². The highest BCUT2D eigenvalue weighted by molar-refractivity contribution is 5.86. The Hall–Kier alpha value is -1.81. The Morgan fingerprint density at radius 3 is 2.44 bits per heavy atom. The van der Waals surface area contributed by atoms with Crippen molar-refractivity contribution >= 4 is 12.0 Å². The number of carbonyl (C=O) groups excluding carboxylic acids is 2. The number of alkyl carbamates (subject to hydrolysis) is 1. The van der Waals surface area contributed by atoms with E-state index in [4.69, 9.17) is 10.5 Å². The van der Waals surface area contributed by atoms with E-state index in [1.165, 1.54) is 0 Å². The van der Waals surface area contributed by atoms with E-state index in [0.717, 1.165) is 32.1 Å². The predicted molar refractivity (Wildman–Crippen MR) is 93.4 cm³/mol. The topological polar surface area (TPSA) is 108 Å². The molecule has 0 bridgehead atoms. The lowest BCUT2D eigenvalue weighted by molar-refractivity contribution is -0.135. The van der Waals surface area contributed by atoms with Crippen molar-refractivity contribution in [1.82, 2.24) is 10.2 Å². The number of nitrogens with zero attached hydrogens (tertiary/aromatic N) is 2. The van der Waals surface area contributed by atoms with Gasteiger partial charge in [0.25, 0.3) is 0 Å². The standard InChI is InChI=1S/C18H30N4O3/c1-18(2,3)25-17(24)21-15(12-6-8-13(20)9-7-12)16(23)22-10-4-5-14(22)11-19/h12-15H,4-10,20H2,1-3H3,(H,21,24)/t12?,13?,14?,15-/m0/s1. The summed E-state index contributed by atoms with van der Waals surface area (Å²) in [6.45, 7) is 5.93. The first-order valence-electron chi connectivity index (χ1n) is 9.16. The molecule has 0 aromatic heterocycles. The maximum Gasteiger partial charge on any atom is 0.408 e. The molecule has 2 atom stereocenters. The molecule has 7 heteroatoms. The minimum absolute atomic E-state index is 0.0276. The Balaban J connectivity index is 2.12. The van der Waals surface area contributed by atoms with Crippen molar-refractivity contribution in [2.24, 2.45) is 11.7 Å². The highest BCUT2D eigenvalue weighted by atomic mass is 16.6. The zero-order chi connectivity index (χ0) is 18.6. The van der Waals surface area contributed by atoms with E-state index in [-0.39, 0.29) is 17.9 Å². The van der Waals surface area contributed by atoms with Gasteiger partial charge in [0, 0.05) is 12.6 Å². The van der Waals surface area contributed by atoms with Gasteiger partial charge in [-0.2, -0.15) is 5.26 Å². The van der Waals surface area contributed by atoms with E-state index in [0.29, 0.717) is 13.0 Å². The number of carbonyl (C=O) groups is 2. The monoisotopic (exact) mass is 350 g/mol. The molecule has 2 fully saturated rings. The Morgan fingerprint density at radius 2 is 1.88 bits per heavy atom. The number of amides is 2. The maximum atomic E-state index is 13.1. The minimum Gasteiger partial charge on any atom is -0.444 e. The fraction of sp³-hybridized carbons (Fsp3) is 0.833. The number of nitrogens with one attached hydrogen (secondary N) is 1. The molecule has 1 saturated carbocycles. The van der Waals surface area contributed by atoms with Crippen LogP contribution in [-0.4, -0.2) is 47.2 Å². The minimum atomic E-state index is -0.656. The maximum absolute atomic E-state index is 13.1. The molecule has 140 valence electrons. The molecular formula is C18H30N4O3. The van der Waals surface area contributed by atoms with Gasteiger partial charge in [-0.3, -0.25) is 4.79 Å². The third-order valence-electron chi connectivity index (χ3n) is 4.91. The average molecular weight is 350 g/mol. The van der Waals surface area contributed by atoms with Gasteiger partial charge in [0.1, 0.15) is 17.7 Å². The normalized spacial score (nSPS) is 28.1. The lowest BCUT2D eigenvalue weighted by Gasteiger charge is -2.35. The molecule has 0 spiro atoms. The molecule has 25 heavy (non-hydrogen) atoms. The summed E-state index contributed by atoms with van der Waals surface area (Å²) >= 11 is 0. The van der Waals surface area contributed by atoms with Gasteiger partial charge in [0.2, 0.25) is 5.91 Å². The molecule has 1 unspecified atom stereocenters. The fourth-order valence-corrected chi connectivity index (χ4v) is 3.64. The number of nitrogens with two attached hydrogens (primary N) is 1. The van der Waals surface area contributed by atoms with Crippen LogP contribution in [-0.2, 0) is 9.53 Å². The van der Waals surface area contributed by atoms with Crippen molar-refractivity contribution in [3.63, 3.8) is 0 Å². The summed E-state index contributed by atoms with van der Waals surface area (Å²) in [7, 11) is 0. The summed E-state index contributed by atoms with van der Waals surface area (Å²) in [5.74, 6) is -0.143.